The maximum atomic E-state index is 12.5. The zero-order valence-corrected chi connectivity index (χ0v) is 27.2. The molecule has 11 nitrogen and oxygen atoms in total. The number of benzene rings is 2. The molecule has 1 fully saturated rings. The largest absolute Gasteiger partial charge is 0.387 e. The lowest BCUT2D eigenvalue weighted by Crippen LogP contribution is -2.56. The molecule has 12 heteroatoms. The number of ether oxygens (including phenoxy) is 1. The minimum atomic E-state index is -3.86. The average Bonchev–Trinajstić information content (AvgIpc) is 2.93. The molecule has 0 radical (unpaired) electrons. The monoisotopic (exact) mass is 633 g/mol. The number of hydrogen-bond acceptors (Lipinski definition) is 9. The second-order valence-corrected chi connectivity index (χ2v) is 14.6. The van der Waals surface area contributed by atoms with Gasteiger partial charge in [-0.05, 0) is 81.9 Å². The summed E-state index contributed by atoms with van der Waals surface area (Å²) < 4.78 is 29.9. The summed E-state index contributed by atoms with van der Waals surface area (Å²) in [5.74, 6) is -0.400. The van der Waals surface area contributed by atoms with Crippen molar-refractivity contribution in [2.75, 3.05) is 33.4 Å². The first kappa shape index (κ1) is 35.6. The third-order valence-electron chi connectivity index (χ3n) is 7.84. The first-order valence-corrected chi connectivity index (χ1v) is 16.7. The minimum absolute atomic E-state index is 0.179. The van der Waals surface area contributed by atoms with Crippen LogP contribution < -0.4 is 10.6 Å². The molecule has 2 amide bonds. The molecule has 1 aliphatic rings. The maximum Gasteiger partial charge on any atom is 0.245 e. The molecule has 5 unspecified atom stereocenters. The Bertz CT molecular complexity index is 1390. The molecule has 5 N–H and O–H groups in total. The van der Waals surface area contributed by atoms with Crippen LogP contribution in [0.25, 0.3) is 0 Å². The summed E-state index contributed by atoms with van der Waals surface area (Å²) in [5, 5.41) is 36.7. The van der Waals surface area contributed by atoms with Gasteiger partial charge in [-0.25, -0.2) is 8.42 Å². The number of rotatable bonds is 13. The first-order valence-electron chi connectivity index (χ1n) is 14.8. The van der Waals surface area contributed by atoms with Gasteiger partial charge in [0, 0.05) is 25.8 Å². The molecule has 1 heterocycles. The number of nitrogens with zero attached hydrogens (tertiary/aromatic N) is 1. The standard InChI is InChI=1S/C32H47N3O8S/c1-20-10-15-23(29-27(38)26(37)28(39)30(43-29)44(6,41)42)19-24(20)18-22-13-11-21(12-14-22)8-7-9-25(36)34-32(2,3)31(40)33-16-17-35(4)5/h10-15,19,26-30,37-39H,7-9,16-18H2,1-6H3,(H,33,40)(H,34,36). The van der Waals surface area contributed by atoms with Gasteiger partial charge < -0.3 is 35.6 Å². The van der Waals surface area contributed by atoms with Crippen molar-refractivity contribution >= 4 is 21.7 Å². The summed E-state index contributed by atoms with van der Waals surface area (Å²) in [4.78, 5) is 26.9. The highest BCUT2D eigenvalue weighted by molar-refractivity contribution is 7.91. The van der Waals surface area contributed by atoms with Crippen LogP contribution in [-0.4, -0.2) is 103 Å². The van der Waals surface area contributed by atoms with Gasteiger partial charge in [0.05, 0.1) is 0 Å². The molecule has 2 aromatic carbocycles. The highest BCUT2D eigenvalue weighted by Gasteiger charge is 2.48. The van der Waals surface area contributed by atoms with Crippen molar-refractivity contribution in [1.29, 1.82) is 0 Å². The number of carbonyl (C=O) groups is 2. The van der Waals surface area contributed by atoms with Gasteiger partial charge in [0.15, 0.2) is 15.3 Å². The quantitative estimate of drug-likeness (QED) is 0.216. The zero-order chi connectivity index (χ0) is 32.8. The zero-order valence-electron chi connectivity index (χ0n) is 26.4. The maximum absolute atomic E-state index is 12.5. The highest BCUT2D eigenvalue weighted by atomic mass is 32.2. The van der Waals surface area contributed by atoms with Gasteiger partial charge in [0.1, 0.15) is 30.0 Å². The van der Waals surface area contributed by atoms with Crippen LogP contribution in [0, 0.1) is 6.92 Å². The molecule has 244 valence electrons. The fraction of sp³-hybridized carbons (Fsp3) is 0.562. The number of sulfone groups is 1. The van der Waals surface area contributed by atoms with Crippen LogP contribution in [0.1, 0.15) is 60.6 Å². The van der Waals surface area contributed by atoms with E-state index in [1.54, 1.807) is 19.9 Å². The SMILES string of the molecule is Cc1ccc(C2OC(S(C)(=O)=O)C(O)C(O)C2O)cc1Cc1ccc(CCCC(=O)NC(C)(C)C(=O)NCCN(C)C)cc1. The van der Waals surface area contributed by atoms with Crippen molar-refractivity contribution in [1.82, 2.24) is 15.5 Å². The van der Waals surface area contributed by atoms with Crippen molar-refractivity contribution in [2.45, 2.75) is 81.8 Å². The number of aliphatic hydroxyl groups is 3. The first-order chi connectivity index (χ1) is 20.5. The molecule has 0 aliphatic carbocycles. The molecule has 0 bridgehead atoms. The van der Waals surface area contributed by atoms with Crippen LogP contribution in [-0.2, 0) is 37.0 Å². The molecule has 0 aromatic heterocycles. The van der Waals surface area contributed by atoms with E-state index in [1.165, 1.54) is 0 Å². The molecule has 44 heavy (non-hydrogen) atoms. The van der Waals surface area contributed by atoms with Crippen LogP contribution in [0.5, 0.6) is 0 Å². The lowest BCUT2D eigenvalue weighted by Gasteiger charge is -2.40. The third-order valence-corrected chi connectivity index (χ3v) is 9.08. The van der Waals surface area contributed by atoms with Gasteiger partial charge in [-0.15, -0.1) is 0 Å². The lowest BCUT2D eigenvalue weighted by molar-refractivity contribution is -0.202. The highest BCUT2D eigenvalue weighted by Crippen LogP contribution is 2.35. The second-order valence-electron chi connectivity index (χ2n) is 12.5. The van der Waals surface area contributed by atoms with E-state index >= 15 is 0 Å². The van der Waals surface area contributed by atoms with Gasteiger partial charge in [0.2, 0.25) is 11.8 Å². The Labute approximate surface area is 260 Å². The Morgan fingerprint density at radius 2 is 1.61 bits per heavy atom. The Hall–Kier alpha value is -2.87. The molecule has 5 atom stereocenters. The second kappa shape index (κ2) is 14.9. The number of hydrogen-bond donors (Lipinski definition) is 5. The summed E-state index contributed by atoms with van der Waals surface area (Å²) >= 11 is 0. The van der Waals surface area contributed by atoms with Crippen LogP contribution in [0.3, 0.4) is 0 Å². The Morgan fingerprint density at radius 3 is 2.23 bits per heavy atom. The summed E-state index contributed by atoms with van der Waals surface area (Å²) in [5.41, 5.74) is 1.88. The average molecular weight is 634 g/mol. The molecule has 0 spiro atoms. The van der Waals surface area contributed by atoms with E-state index in [1.807, 2.05) is 62.3 Å². The van der Waals surface area contributed by atoms with Crippen LogP contribution in [0.15, 0.2) is 42.5 Å². The van der Waals surface area contributed by atoms with Crippen LogP contribution in [0.2, 0.25) is 0 Å². The Balaban J connectivity index is 1.57. The van der Waals surface area contributed by atoms with E-state index in [4.69, 9.17) is 4.74 Å². The van der Waals surface area contributed by atoms with Gasteiger partial charge in [-0.3, -0.25) is 9.59 Å². The Morgan fingerprint density at radius 1 is 0.977 bits per heavy atom. The molecular formula is C32H47N3O8S. The minimum Gasteiger partial charge on any atom is -0.387 e. The van der Waals surface area contributed by atoms with Crippen molar-refractivity contribution in [2.24, 2.45) is 0 Å². The van der Waals surface area contributed by atoms with Crippen molar-refractivity contribution in [3.8, 4) is 0 Å². The van der Waals surface area contributed by atoms with Crippen molar-refractivity contribution in [3.63, 3.8) is 0 Å². The number of aryl methyl sites for hydroxylation is 2. The molecule has 1 saturated heterocycles. The lowest BCUT2D eigenvalue weighted by atomic mass is 9.91. The van der Waals surface area contributed by atoms with Gasteiger partial charge >= 0.3 is 0 Å². The number of likely N-dealkylation sites (N-methyl/N-ethyl adjacent to an activating group) is 1. The number of nitrogens with one attached hydrogen (secondary N) is 2. The normalized spacial score (nSPS) is 22.5. The summed E-state index contributed by atoms with van der Waals surface area (Å²) in [6, 6.07) is 13.4. The van der Waals surface area contributed by atoms with E-state index in [2.05, 4.69) is 10.6 Å². The van der Waals surface area contributed by atoms with Gasteiger partial charge in [-0.2, -0.15) is 0 Å². The van der Waals surface area contributed by atoms with E-state index in [0.29, 0.717) is 44.3 Å². The van der Waals surface area contributed by atoms with E-state index in [9.17, 15) is 33.3 Å². The summed E-state index contributed by atoms with van der Waals surface area (Å²) in [6.45, 7) is 6.55. The van der Waals surface area contributed by atoms with Crippen molar-refractivity contribution in [3.05, 3.63) is 70.3 Å². The van der Waals surface area contributed by atoms with Crippen LogP contribution in [0.4, 0.5) is 0 Å². The fourth-order valence-electron chi connectivity index (χ4n) is 5.11. The van der Waals surface area contributed by atoms with Crippen molar-refractivity contribution < 1.29 is 38.1 Å². The van der Waals surface area contributed by atoms with Gasteiger partial charge in [-0.1, -0.05) is 42.5 Å². The van der Waals surface area contributed by atoms with E-state index in [0.717, 1.165) is 28.5 Å². The molecule has 1 aliphatic heterocycles. The number of amides is 2. The smallest absolute Gasteiger partial charge is 0.245 e. The molecule has 3 rings (SSSR count). The summed E-state index contributed by atoms with van der Waals surface area (Å²) in [6.07, 6.45) is -2.97. The summed E-state index contributed by atoms with van der Waals surface area (Å²) in [7, 11) is -0.00633. The third kappa shape index (κ3) is 9.56. The fourth-order valence-corrected chi connectivity index (χ4v) is 6.10. The molecule has 0 saturated carbocycles. The predicted molar refractivity (Wildman–Crippen MR) is 168 cm³/mol. The van der Waals surface area contributed by atoms with E-state index < -0.39 is 45.2 Å². The van der Waals surface area contributed by atoms with Crippen LogP contribution >= 0.6 is 0 Å². The van der Waals surface area contributed by atoms with E-state index in [-0.39, 0.29) is 11.8 Å². The molecular weight excluding hydrogens is 586 g/mol. The Kier molecular flexibility index (Phi) is 12.1. The predicted octanol–water partition coefficient (Wildman–Crippen LogP) is 1.01. The topological polar surface area (TPSA) is 166 Å². The number of aliphatic hydroxyl groups excluding tert-OH is 3. The molecule has 2 aromatic rings. The van der Waals surface area contributed by atoms with Gasteiger partial charge in [0.25, 0.3) is 0 Å². The number of carbonyl (C=O) groups excluding carboxylic acids is 2.